The molecule has 3 aromatic rings. The van der Waals surface area contributed by atoms with Crippen molar-refractivity contribution in [3.05, 3.63) is 72.6 Å². The Kier molecular flexibility index (Phi) is 5.58. The highest BCUT2D eigenvalue weighted by Crippen LogP contribution is 2.23. The number of hydrogen-bond donors (Lipinski definition) is 0. The number of pyridine rings is 1. The maximum atomic E-state index is 12.6. The predicted octanol–water partition coefficient (Wildman–Crippen LogP) is 3.82. The molecule has 2 aromatic carbocycles. The highest BCUT2D eigenvalue weighted by atomic mass is 32.2. The molecular formula is C22H23N3OS. The van der Waals surface area contributed by atoms with Crippen molar-refractivity contribution >= 4 is 34.1 Å². The van der Waals surface area contributed by atoms with Gasteiger partial charge in [-0.1, -0.05) is 42.5 Å². The maximum absolute atomic E-state index is 12.6. The summed E-state index contributed by atoms with van der Waals surface area (Å²) in [4.78, 5) is 20.9. The largest absolute Gasteiger partial charge is 0.368 e. The summed E-state index contributed by atoms with van der Waals surface area (Å²) in [7, 11) is 0. The van der Waals surface area contributed by atoms with E-state index < -0.39 is 0 Å². The zero-order valence-electron chi connectivity index (χ0n) is 15.3. The number of thioether (sulfide) groups is 1. The average molecular weight is 378 g/mol. The van der Waals surface area contributed by atoms with Crippen LogP contribution in [0.2, 0.25) is 0 Å². The molecule has 0 spiro atoms. The van der Waals surface area contributed by atoms with Crippen LogP contribution in [-0.2, 0) is 10.5 Å². The van der Waals surface area contributed by atoms with Gasteiger partial charge in [0.25, 0.3) is 0 Å². The van der Waals surface area contributed by atoms with Gasteiger partial charge in [0, 0.05) is 50.0 Å². The van der Waals surface area contributed by atoms with Crippen LogP contribution in [0, 0.1) is 0 Å². The first kappa shape index (κ1) is 17.9. The molecular weight excluding hydrogens is 354 g/mol. The molecule has 4 rings (SSSR count). The normalized spacial score (nSPS) is 14.5. The minimum Gasteiger partial charge on any atom is -0.368 e. The lowest BCUT2D eigenvalue weighted by molar-refractivity contribution is -0.128. The number of carbonyl (C=O) groups is 1. The second-order valence-corrected chi connectivity index (χ2v) is 7.69. The lowest BCUT2D eigenvalue weighted by atomic mass is 10.1. The molecule has 1 amide bonds. The molecule has 1 saturated heterocycles. The van der Waals surface area contributed by atoms with Gasteiger partial charge in [0.2, 0.25) is 5.91 Å². The second-order valence-electron chi connectivity index (χ2n) is 6.70. The molecule has 0 unspecified atom stereocenters. The Morgan fingerprint density at radius 1 is 0.926 bits per heavy atom. The average Bonchev–Trinajstić information content (AvgIpc) is 2.74. The predicted molar refractivity (Wildman–Crippen MR) is 113 cm³/mol. The maximum Gasteiger partial charge on any atom is 0.232 e. The molecule has 0 radical (unpaired) electrons. The van der Waals surface area contributed by atoms with Gasteiger partial charge in [0.15, 0.2) is 0 Å². The zero-order valence-corrected chi connectivity index (χ0v) is 16.1. The van der Waals surface area contributed by atoms with Gasteiger partial charge in [-0.15, -0.1) is 11.8 Å². The molecule has 0 bridgehead atoms. The summed E-state index contributed by atoms with van der Waals surface area (Å²) in [6, 6.07) is 18.9. The van der Waals surface area contributed by atoms with E-state index in [1.165, 1.54) is 22.0 Å². The van der Waals surface area contributed by atoms with Gasteiger partial charge in [0.1, 0.15) is 0 Å². The molecule has 1 aromatic heterocycles. The quantitative estimate of drug-likeness (QED) is 0.677. The van der Waals surface area contributed by atoms with Crippen molar-refractivity contribution in [2.24, 2.45) is 0 Å². The Balaban J connectivity index is 1.28. The van der Waals surface area contributed by atoms with E-state index in [0.29, 0.717) is 5.75 Å². The van der Waals surface area contributed by atoms with Crippen molar-refractivity contribution in [3.63, 3.8) is 0 Å². The number of fused-ring (bicyclic) bond motifs is 1. The lowest BCUT2D eigenvalue weighted by Crippen LogP contribution is -2.49. The summed E-state index contributed by atoms with van der Waals surface area (Å²) < 4.78 is 0. The van der Waals surface area contributed by atoms with Gasteiger partial charge in [-0.05, 0) is 28.5 Å². The molecule has 4 nitrogen and oxygen atoms in total. The van der Waals surface area contributed by atoms with E-state index in [9.17, 15) is 4.79 Å². The summed E-state index contributed by atoms with van der Waals surface area (Å²) >= 11 is 1.71. The fourth-order valence-electron chi connectivity index (χ4n) is 3.53. The van der Waals surface area contributed by atoms with Gasteiger partial charge >= 0.3 is 0 Å². The Morgan fingerprint density at radius 2 is 1.67 bits per heavy atom. The smallest absolute Gasteiger partial charge is 0.232 e. The van der Waals surface area contributed by atoms with Gasteiger partial charge in [-0.3, -0.25) is 9.78 Å². The van der Waals surface area contributed by atoms with Crippen molar-refractivity contribution in [1.29, 1.82) is 0 Å². The Hall–Kier alpha value is -2.53. The van der Waals surface area contributed by atoms with Crippen molar-refractivity contribution in [1.82, 2.24) is 9.88 Å². The molecule has 0 N–H and O–H groups in total. The molecule has 1 fully saturated rings. The van der Waals surface area contributed by atoms with E-state index in [1.807, 2.05) is 29.4 Å². The topological polar surface area (TPSA) is 36.4 Å². The van der Waals surface area contributed by atoms with E-state index in [2.05, 4.69) is 52.3 Å². The summed E-state index contributed by atoms with van der Waals surface area (Å²) in [5, 5.41) is 2.54. The number of carbonyl (C=O) groups excluding carboxylic acids is 1. The number of aromatic nitrogens is 1. The first-order chi connectivity index (χ1) is 13.3. The monoisotopic (exact) mass is 377 g/mol. The number of hydrogen-bond acceptors (Lipinski definition) is 4. The van der Waals surface area contributed by atoms with Crippen molar-refractivity contribution < 1.29 is 4.79 Å². The standard InChI is InChI=1S/C22H23N3OS/c26-22(25-14-12-24(13-15-25)20-8-10-23-11-9-20)17-27-16-19-6-3-5-18-4-1-2-7-21(18)19/h1-11H,12-17H2. The van der Waals surface area contributed by atoms with E-state index in [1.54, 1.807) is 11.8 Å². The molecule has 2 heterocycles. The number of amides is 1. The van der Waals surface area contributed by atoms with Crippen LogP contribution in [0.4, 0.5) is 5.69 Å². The summed E-state index contributed by atoms with van der Waals surface area (Å²) in [6.45, 7) is 3.33. The molecule has 0 aliphatic carbocycles. The van der Waals surface area contributed by atoms with Crippen LogP contribution in [0.25, 0.3) is 10.8 Å². The zero-order chi connectivity index (χ0) is 18.5. The van der Waals surface area contributed by atoms with Crippen LogP contribution in [0.1, 0.15) is 5.56 Å². The van der Waals surface area contributed by atoms with Crippen LogP contribution in [0.3, 0.4) is 0 Å². The van der Waals surface area contributed by atoms with E-state index in [4.69, 9.17) is 0 Å². The van der Waals surface area contributed by atoms with Crippen LogP contribution >= 0.6 is 11.8 Å². The summed E-state index contributed by atoms with van der Waals surface area (Å²) in [6.07, 6.45) is 3.63. The van der Waals surface area contributed by atoms with Crippen LogP contribution in [-0.4, -0.2) is 47.7 Å². The van der Waals surface area contributed by atoms with E-state index >= 15 is 0 Å². The third-order valence-corrected chi connectivity index (χ3v) is 5.99. The molecule has 0 saturated carbocycles. The first-order valence-electron chi connectivity index (χ1n) is 9.28. The third kappa shape index (κ3) is 4.25. The second kappa shape index (κ2) is 8.44. The Morgan fingerprint density at radius 3 is 2.48 bits per heavy atom. The van der Waals surface area contributed by atoms with Crippen LogP contribution in [0.15, 0.2) is 67.0 Å². The minimum atomic E-state index is 0.245. The number of piperazine rings is 1. The summed E-state index contributed by atoms with van der Waals surface area (Å²) in [5.74, 6) is 1.65. The van der Waals surface area contributed by atoms with Gasteiger partial charge in [0.05, 0.1) is 5.75 Å². The number of benzene rings is 2. The van der Waals surface area contributed by atoms with Crippen LogP contribution < -0.4 is 4.90 Å². The highest BCUT2D eigenvalue weighted by molar-refractivity contribution is 7.99. The van der Waals surface area contributed by atoms with Crippen LogP contribution in [0.5, 0.6) is 0 Å². The number of rotatable bonds is 5. The molecule has 27 heavy (non-hydrogen) atoms. The van der Waals surface area contributed by atoms with Crippen molar-refractivity contribution in [3.8, 4) is 0 Å². The fourth-order valence-corrected chi connectivity index (χ4v) is 4.46. The Bertz CT molecular complexity index is 902. The first-order valence-corrected chi connectivity index (χ1v) is 10.4. The summed E-state index contributed by atoms with van der Waals surface area (Å²) in [5.41, 5.74) is 2.48. The third-order valence-electron chi connectivity index (χ3n) is 5.02. The molecule has 138 valence electrons. The SMILES string of the molecule is O=C(CSCc1cccc2ccccc12)N1CCN(c2ccncc2)CC1. The highest BCUT2D eigenvalue weighted by Gasteiger charge is 2.21. The van der Waals surface area contributed by atoms with Crippen molar-refractivity contribution in [2.75, 3.05) is 36.8 Å². The van der Waals surface area contributed by atoms with Gasteiger partial charge in [-0.2, -0.15) is 0 Å². The molecule has 5 heteroatoms. The molecule has 0 atom stereocenters. The number of nitrogens with zero attached hydrogens (tertiary/aromatic N) is 3. The molecule has 1 aliphatic heterocycles. The fraction of sp³-hybridized carbons (Fsp3) is 0.273. The van der Waals surface area contributed by atoms with Gasteiger partial charge < -0.3 is 9.80 Å². The Labute approximate surface area is 164 Å². The minimum absolute atomic E-state index is 0.245. The number of anilines is 1. The van der Waals surface area contributed by atoms with Crippen molar-refractivity contribution in [2.45, 2.75) is 5.75 Å². The van der Waals surface area contributed by atoms with E-state index in [-0.39, 0.29) is 5.91 Å². The lowest BCUT2D eigenvalue weighted by Gasteiger charge is -2.36. The van der Waals surface area contributed by atoms with E-state index in [0.717, 1.165) is 31.9 Å². The molecule has 1 aliphatic rings. The van der Waals surface area contributed by atoms with Gasteiger partial charge in [-0.25, -0.2) is 0 Å².